The van der Waals surface area contributed by atoms with Crippen LogP contribution in [0.4, 0.5) is 0 Å². The highest BCUT2D eigenvalue weighted by molar-refractivity contribution is 4.88. The molecule has 2 atom stereocenters. The molecule has 0 bridgehead atoms. The van der Waals surface area contributed by atoms with Crippen LogP contribution in [0.3, 0.4) is 0 Å². The number of aliphatic hydroxyl groups excluding tert-OH is 1. The molecule has 1 fully saturated rings. The van der Waals surface area contributed by atoms with E-state index in [0.29, 0.717) is 6.04 Å². The number of aliphatic hydroxyl groups is 1. The third-order valence-corrected chi connectivity index (χ3v) is 2.45. The van der Waals surface area contributed by atoms with Crippen molar-refractivity contribution < 1.29 is 5.11 Å². The molecule has 1 N–H and O–H groups in total. The second-order valence-corrected chi connectivity index (χ2v) is 3.45. The van der Waals surface area contributed by atoms with Gasteiger partial charge in [-0.3, -0.25) is 4.90 Å². The summed E-state index contributed by atoms with van der Waals surface area (Å²) in [6.45, 7) is 5.01. The van der Waals surface area contributed by atoms with Gasteiger partial charge in [-0.15, -0.1) is 0 Å². The van der Waals surface area contributed by atoms with E-state index in [0.717, 1.165) is 19.6 Å². The molecule has 0 aliphatic carbocycles. The number of likely N-dealkylation sites (tertiary alicyclic amines) is 1. The molecule has 3 heteroatoms. The minimum atomic E-state index is -0.162. The summed E-state index contributed by atoms with van der Waals surface area (Å²) < 4.78 is 0. The lowest BCUT2D eigenvalue weighted by Gasteiger charge is -2.21. The maximum atomic E-state index is 9.58. The van der Waals surface area contributed by atoms with Crippen LogP contribution in [0.25, 0.3) is 0 Å². The summed E-state index contributed by atoms with van der Waals surface area (Å²) in [5.74, 6) is 0. The molecular weight excluding hydrogens is 140 g/mol. The minimum absolute atomic E-state index is 0.162. The normalized spacial score (nSPS) is 33.5. The maximum Gasteiger partial charge on any atom is 0.0834 e. The smallest absolute Gasteiger partial charge is 0.0834 e. The average Bonchev–Trinajstić information content (AvgIpc) is 2.30. The van der Waals surface area contributed by atoms with Gasteiger partial charge in [0.15, 0.2) is 0 Å². The Morgan fingerprint density at radius 2 is 2.09 bits per heavy atom. The summed E-state index contributed by atoms with van der Waals surface area (Å²) in [5.41, 5.74) is 0. The first-order valence-electron chi connectivity index (χ1n) is 4.22. The zero-order valence-corrected chi connectivity index (χ0v) is 7.62. The van der Waals surface area contributed by atoms with Crippen LogP contribution in [0.2, 0.25) is 0 Å². The van der Waals surface area contributed by atoms with E-state index in [1.807, 2.05) is 14.1 Å². The van der Waals surface area contributed by atoms with Crippen LogP contribution < -0.4 is 0 Å². The lowest BCUT2D eigenvalue weighted by molar-refractivity contribution is 0.112. The van der Waals surface area contributed by atoms with Crippen molar-refractivity contribution in [3.8, 4) is 0 Å². The van der Waals surface area contributed by atoms with E-state index in [9.17, 15) is 5.11 Å². The molecule has 0 spiro atoms. The van der Waals surface area contributed by atoms with Gasteiger partial charge in [0, 0.05) is 19.1 Å². The number of likely N-dealkylation sites (N-methyl/N-ethyl adjacent to an activating group) is 2. The number of hydrogen-bond acceptors (Lipinski definition) is 3. The first-order valence-corrected chi connectivity index (χ1v) is 4.22. The van der Waals surface area contributed by atoms with Crippen molar-refractivity contribution in [1.29, 1.82) is 0 Å². The first-order chi connectivity index (χ1) is 5.15. The molecule has 0 aromatic heterocycles. The van der Waals surface area contributed by atoms with Gasteiger partial charge in [-0.05, 0) is 20.6 Å². The molecule has 1 heterocycles. The molecule has 0 unspecified atom stereocenters. The van der Waals surface area contributed by atoms with Crippen LogP contribution in [0.15, 0.2) is 0 Å². The van der Waals surface area contributed by atoms with Gasteiger partial charge in [-0.2, -0.15) is 0 Å². The number of hydrogen-bond donors (Lipinski definition) is 1. The Kier molecular flexibility index (Phi) is 2.87. The van der Waals surface area contributed by atoms with Gasteiger partial charge in [-0.1, -0.05) is 6.92 Å². The van der Waals surface area contributed by atoms with Crippen LogP contribution >= 0.6 is 0 Å². The van der Waals surface area contributed by atoms with Crippen molar-refractivity contribution >= 4 is 0 Å². The van der Waals surface area contributed by atoms with Crippen LogP contribution in [0, 0.1) is 0 Å². The van der Waals surface area contributed by atoms with Crippen molar-refractivity contribution in [3.63, 3.8) is 0 Å². The molecular formula is C8H18N2O. The Labute approximate surface area is 68.6 Å². The van der Waals surface area contributed by atoms with E-state index in [2.05, 4.69) is 16.7 Å². The Hall–Kier alpha value is -0.120. The molecule has 0 radical (unpaired) electrons. The molecule has 1 aliphatic heterocycles. The summed E-state index contributed by atoms with van der Waals surface area (Å²) in [5, 5.41) is 9.58. The van der Waals surface area contributed by atoms with E-state index in [4.69, 9.17) is 0 Å². The van der Waals surface area contributed by atoms with Crippen molar-refractivity contribution in [2.75, 3.05) is 33.7 Å². The van der Waals surface area contributed by atoms with Gasteiger partial charge < -0.3 is 10.0 Å². The zero-order valence-electron chi connectivity index (χ0n) is 7.62. The predicted molar refractivity (Wildman–Crippen MR) is 45.6 cm³/mol. The molecule has 3 nitrogen and oxygen atoms in total. The van der Waals surface area contributed by atoms with Crippen LogP contribution in [0.1, 0.15) is 6.92 Å². The van der Waals surface area contributed by atoms with E-state index in [-0.39, 0.29) is 6.10 Å². The highest BCUT2D eigenvalue weighted by Gasteiger charge is 2.31. The Morgan fingerprint density at radius 3 is 2.36 bits per heavy atom. The third kappa shape index (κ3) is 1.92. The summed E-state index contributed by atoms with van der Waals surface area (Å²) >= 11 is 0. The molecule has 0 amide bonds. The van der Waals surface area contributed by atoms with Crippen molar-refractivity contribution in [2.45, 2.75) is 19.1 Å². The zero-order chi connectivity index (χ0) is 8.43. The fraction of sp³-hybridized carbons (Fsp3) is 1.00. The Balaban J connectivity index is 2.45. The van der Waals surface area contributed by atoms with Crippen molar-refractivity contribution in [3.05, 3.63) is 0 Å². The van der Waals surface area contributed by atoms with E-state index < -0.39 is 0 Å². The van der Waals surface area contributed by atoms with Gasteiger partial charge in [0.2, 0.25) is 0 Å². The highest BCUT2D eigenvalue weighted by atomic mass is 16.3. The lowest BCUT2D eigenvalue weighted by atomic mass is 10.2. The topological polar surface area (TPSA) is 26.7 Å². The number of nitrogens with zero attached hydrogens (tertiary/aromatic N) is 2. The van der Waals surface area contributed by atoms with Crippen molar-refractivity contribution in [1.82, 2.24) is 9.80 Å². The van der Waals surface area contributed by atoms with Crippen LogP contribution in [-0.4, -0.2) is 60.8 Å². The van der Waals surface area contributed by atoms with Gasteiger partial charge in [0.1, 0.15) is 0 Å². The van der Waals surface area contributed by atoms with Crippen LogP contribution in [-0.2, 0) is 0 Å². The Bertz CT molecular complexity index is 127. The summed E-state index contributed by atoms with van der Waals surface area (Å²) in [7, 11) is 4.04. The summed E-state index contributed by atoms with van der Waals surface area (Å²) in [6, 6.07) is 0.329. The standard InChI is InChI=1S/C8H18N2O/c1-4-10-5-7(9(2)3)8(11)6-10/h7-8,11H,4-6H2,1-3H3/t7-,8-/m0/s1. The van der Waals surface area contributed by atoms with Gasteiger partial charge >= 0.3 is 0 Å². The molecule has 0 aromatic carbocycles. The maximum absolute atomic E-state index is 9.58. The van der Waals surface area contributed by atoms with Crippen molar-refractivity contribution in [2.24, 2.45) is 0 Å². The summed E-state index contributed by atoms with van der Waals surface area (Å²) in [6.07, 6.45) is -0.162. The summed E-state index contributed by atoms with van der Waals surface area (Å²) in [4.78, 5) is 4.37. The minimum Gasteiger partial charge on any atom is -0.390 e. The molecule has 1 saturated heterocycles. The van der Waals surface area contributed by atoms with Gasteiger partial charge in [0.25, 0.3) is 0 Å². The monoisotopic (exact) mass is 158 g/mol. The van der Waals surface area contributed by atoms with E-state index >= 15 is 0 Å². The quantitative estimate of drug-likeness (QED) is 0.593. The SMILES string of the molecule is CCN1C[C@H](O)[C@@H](N(C)C)C1. The van der Waals surface area contributed by atoms with E-state index in [1.54, 1.807) is 0 Å². The fourth-order valence-electron chi connectivity index (χ4n) is 1.61. The largest absolute Gasteiger partial charge is 0.390 e. The predicted octanol–water partition coefficient (Wildman–Crippen LogP) is -0.387. The molecule has 1 rings (SSSR count). The highest BCUT2D eigenvalue weighted by Crippen LogP contribution is 2.12. The molecule has 66 valence electrons. The molecule has 11 heavy (non-hydrogen) atoms. The Morgan fingerprint density at radius 1 is 1.45 bits per heavy atom. The second kappa shape index (κ2) is 3.52. The molecule has 1 aliphatic rings. The fourth-order valence-corrected chi connectivity index (χ4v) is 1.61. The third-order valence-electron chi connectivity index (χ3n) is 2.45. The van der Waals surface area contributed by atoms with Gasteiger partial charge in [-0.25, -0.2) is 0 Å². The lowest BCUT2D eigenvalue weighted by Crippen LogP contribution is -2.37. The van der Waals surface area contributed by atoms with Gasteiger partial charge in [0.05, 0.1) is 6.10 Å². The number of β-amino-alcohol motifs (C(OH)–C–C–N with tert-alkyl or cyclic N) is 1. The average molecular weight is 158 g/mol. The van der Waals surface area contributed by atoms with Crippen LogP contribution in [0.5, 0.6) is 0 Å². The second-order valence-electron chi connectivity index (χ2n) is 3.45. The molecule has 0 saturated carbocycles. The van der Waals surface area contributed by atoms with E-state index in [1.165, 1.54) is 0 Å². The first kappa shape index (κ1) is 8.97. The number of rotatable bonds is 2. The molecule has 0 aromatic rings.